The van der Waals surface area contributed by atoms with Crippen molar-refractivity contribution in [2.45, 2.75) is 57.7 Å². The molecule has 3 aliphatic heterocycles. The summed E-state index contributed by atoms with van der Waals surface area (Å²) in [5, 5.41) is 4.88. The van der Waals surface area contributed by atoms with E-state index in [4.69, 9.17) is 48.7 Å². The number of aromatic amines is 2. The number of aryl methyl sites for hydroxylation is 1. The Balaban J connectivity index is 0.719. The second-order valence-corrected chi connectivity index (χ2v) is 21.7. The van der Waals surface area contributed by atoms with Crippen molar-refractivity contribution >= 4 is 81.3 Å². The highest BCUT2D eigenvalue weighted by atomic mass is 35.5. The molecule has 0 aliphatic carbocycles. The van der Waals surface area contributed by atoms with Crippen LogP contribution in [-0.4, -0.2) is 73.5 Å². The Morgan fingerprint density at radius 1 is 0.667 bits per heavy atom. The maximum absolute atomic E-state index is 14.3. The zero-order chi connectivity index (χ0) is 57.3. The number of nitrogens with zero attached hydrogens (tertiary/aromatic N) is 10. The molecule has 0 unspecified atom stereocenters. The molecule has 1 aromatic carbocycles. The lowest BCUT2D eigenvalue weighted by molar-refractivity contribution is -0.697. The molecule has 84 heavy (non-hydrogen) atoms. The van der Waals surface area contributed by atoms with Crippen molar-refractivity contribution in [2.75, 3.05) is 18.8 Å². The molecule has 18 heteroatoms. The third-order valence-electron chi connectivity index (χ3n) is 15.7. The van der Waals surface area contributed by atoms with E-state index >= 15 is 0 Å². The molecular weight excluding hydrogens is 1100 g/mol. The fourth-order valence-corrected chi connectivity index (χ4v) is 12.1. The van der Waals surface area contributed by atoms with Crippen LogP contribution in [0.1, 0.15) is 79.5 Å². The van der Waals surface area contributed by atoms with Crippen LogP contribution in [0.4, 0.5) is 10.2 Å². The highest BCUT2D eigenvalue weighted by Crippen LogP contribution is 2.40. The number of nitrogens with two attached hydrogens (primary N) is 1. The van der Waals surface area contributed by atoms with Crippen molar-refractivity contribution in [3.8, 4) is 61.4 Å². The zero-order valence-electron chi connectivity index (χ0n) is 45.6. The highest BCUT2D eigenvalue weighted by molar-refractivity contribution is 6.36. The number of benzene rings is 1. The number of H-pyrrole nitrogens is 2. The number of pyridine rings is 5. The summed E-state index contributed by atoms with van der Waals surface area (Å²) >= 11 is 12.6. The fourth-order valence-electron chi connectivity index (χ4n) is 11.4. The molecule has 1 fully saturated rings. The molecular formula is C66H55Cl2FN13O2+. The number of carbonyl (C=O) groups excluding carboxylic acids is 1. The first-order valence-corrected chi connectivity index (χ1v) is 28.6. The summed E-state index contributed by atoms with van der Waals surface area (Å²) in [6, 6.07) is 29.4. The van der Waals surface area contributed by atoms with Crippen LogP contribution in [0.15, 0.2) is 159 Å². The number of aromatic nitrogens is 11. The minimum Gasteiger partial charge on any atom is -0.482 e. The number of fused-ring (bicyclic) bond motifs is 8. The Morgan fingerprint density at radius 3 is 1.68 bits per heavy atom. The van der Waals surface area contributed by atoms with Gasteiger partial charge >= 0.3 is 0 Å². The summed E-state index contributed by atoms with van der Waals surface area (Å²) in [6.07, 6.45) is 31.8. The Kier molecular flexibility index (Phi) is 14.9. The maximum atomic E-state index is 14.3. The minimum atomic E-state index is -0.705. The molecule has 1 amide bonds. The molecule has 12 heterocycles. The van der Waals surface area contributed by atoms with Crippen molar-refractivity contribution < 1.29 is 18.5 Å². The summed E-state index contributed by atoms with van der Waals surface area (Å²) in [4.78, 5) is 51.4. The Labute approximate surface area is 493 Å². The predicted molar refractivity (Wildman–Crippen MR) is 328 cm³/mol. The van der Waals surface area contributed by atoms with E-state index in [9.17, 15) is 9.18 Å². The minimum absolute atomic E-state index is 0.105. The summed E-state index contributed by atoms with van der Waals surface area (Å²) in [5.74, 6) is 0.0595. The monoisotopic (exact) mass is 1150 g/mol. The third kappa shape index (κ3) is 10.8. The van der Waals surface area contributed by atoms with E-state index in [1.165, 1.54) is 12.1 Å². The molecule has 3 aliphatic rings. The van der Waals surface area contributed by atoms with Gasteiger partial charge in [-0.2, -0.15) is 5.10 Å². The number of anilines is 1. The predicted octanol–water partition coefficient (Wildman–Crippen LogP) is 14.3. The first kappa shape index (κ1) is 53.7. The molecule has 9 aromatic heterocycles. The SMILES string of the molecule is C[C@H](Oc1cc(-c2cnn(C3CCN(C(=O)CCCC[n+]4ccc(-c5c6nc(c(-c7ccncc7)c7ccc([nH]7)c(-c7ccncc7)c7nc(c(-c8ccncc8)c8ccc5[nH]8)C=C7)C=C6)cc4)CC3)c2)cnc1N)c1c(Cl)ccc(F)c1Cl. The molecule has 0 spiro atoms. The van der Waals surface area contributed by atoms with Gasteiger partial charge in [-0.05, 0) is 152 Å². The van der Waals surface area contributed by atoms with Gasteiger partial charge in [0.1, 0.15) is 18.5 Å². The first-order chi connectivity index (χ1) is 41.1. The van der Waals surface area contributed by atoms with Crippen LogP contribution in [0.5, 0.6) is 5.75 Å². The molecule has 15 nitrogen and oxygen atoms in total. The number of piperidine rings is 1. The van der Waals surface area contributed by atoms with E-state index in [-0.39, 0.29) is 27.8 Å². The maximum Gasteiger partial charge on any atom is 0.222 e. The van der Waals surface area contributed by atoms with Crippen LogP contribution in [-0.2, 0) is 11.3 Å². The number of amides is 1. The highest BCUT2D eigenvalue weighted by Gasteiger charge is 2.26. The van der Waals surface area contributed by atoms with Gasteiger partial charge in [-0.15, -0.1) is 0 Å². The zero-order valence-corrected chi connectivity index (χ0v) is 47.1. The standard InChI is InChI=1S/C66H54Cl2FN13O2/c1-40(60-48(67)5-6-49(69)65(60)68)84-58-36-45(37-74-66(58)70)46-38-75-82(39-46)47-23-34-81(35-24-47)59(83)4-2-3-31-80-32-21-44(22-33-80)64-56-13-11-54(78-56)62(42-17-27-72-28-18-42)52-9-7-50(76-52)61(41-15-25-71-26-16-41)51-8-10-53(77-51)63(43-19-29-73-30-20-43)55-12-14-57(64)79-55/h5-22,25-30,32-33,36-40,47H,2-4,23-24,31,34-35H2,1H3,(H3,70,74,76,77,78,79)/p+1/t40-/m0/s1. The molecule has 10 aromatic rings. The number of unbranched alkanes of at least 4 members (excludes halogenated alkanes) is 1. The third-order valence-corrected chi connectivity index (χ3v) is 16.4. The number of carbonyl (C=O) groups is 1. The summed E-state index contributed by atoms with van der Waals surface area (Å²) < 4.78 is 24.6. The van der Waals surface area contributed by atoms with Gasteiger partial charge in [-0.25, -0.2) is 23.9 Å². The molecule has 1 saturated heterocycles. The lowest BCUT2D eigenvalue weighted by Crippen LogP contribution is -2.39. The number of hydrogen-bond donors (Lipinski definition) is 3. The van der Waals surface area contributed by atoms with Crippen LogP contribution in [0.2, 0.25) is 10.0 Å². The normalized spacial score (nSPS) is 13.6. The van der Waals surface area contributed by atoms with E-state index in [0.29, 0.717) is 30.8 Å². The van der Waals surface area contributed by atoms with Crippen LogP contribution in [0.3, 0.4) is 0 Å². The Bertz CT molecular complexity index is 4310. The molecule has 0 saturated carbocycles. The number of halogens is 3. The molecule has 1 atom stereocenters. The summed E-state index contributed by atoms with van der Waals surface area (Å²) in [6.45, 7) is 3.78. The lowest BCUT2D eigenvalue weighted by Gasteiger charge is -2.32. The second-order valence-electron chi connectivity index (χ2n) is 20.9. The van der Waals surface area contributed by atoms with Crippen LogP contribution >= 0.6 is 23.2 Å². The number of nitrogens with one attached hydrogen (secondary N) is 2. The van der Waals surface area contributed by atoms with Crippen molar-refractivity contribution in [3.63, 3.8) is 0 Å². The fraction of sp³-hybridized carbons (Fsp3) is 0.167. The smallest absolute Gasteiger partial charge is 0.222 e. The second kappa shape index (κ2) is 23.3. The summed E-state index contributed by atoms with van der Waals surface area (Å²) in [7, 11) is 0. The Hall–Kier alpha value is -9.64. The van der Waals surface area contributed by atoms with Gasteiger partial charge in [0.2, 0.25) is 5.91 Å². The largest absolute Gasteiger partial charge is 0.482 e. The quantitative estimate of drug-likeness (QED) is 0.0537. The van der Waals surface area contributed by atoms with E-state index in [1.54, 1.807) is 62.6 Å². The van der Waals surface area contributed by atoms with Crippen molar-refractivity contribution in [3.05, 3.63) is 203 Å². The molecule has 8 bridgehead atoms. The van der Waals surface area contributed by atoms with E-state index < -0.39 is 11.9 Å². The van der Waals surface area contributed by atoms with Crippen LogP contribution in [0, 0.1) is 5.82 Å². The molecule has 13 rings (SSSR count). The molecule has 416 valence electrons. The van der Waals surface area contributed by atoms with Crippen LogP contribution in [0.25, 0.3) is 102 Å². The van der Waals surface area contributed by atoms with Gasteiger partial charge < -0.3 is 25.3 Å². The first-order valence-electron chi connectivity index (χ1n) is 27.8. The number of rotatable bonds is 14. The topological polar surface area (TPSA) is 186 Å². The molecule has 4 N–H and O–H groups in total. The lowest BCUT2D eigenvalue weighted by atomic mass is 10.0. The average molecular weight is 1150 g/mol. The number of likely N-dealkylation sites (tertiary alicyclic amines) is 1. The van der Waals surface area contributed by atoms with Gasteiger partial charge in [0.05, 0.1) is 40.0 Å². The number of hydrogen-bond acceptors (Lipinski definition) is 10. The van der Waals surface area contributed by atoms with E-state index in [0.717, 1.165) is 133 Å². The number of ether oxygens (including phenoxy) is 1. The van der Waals surface area contributed by atoms with Crippen molar-refractivity contribution in [2.24, 2.45) is 0 Å². The summed E-state index contributed by atoms with van der Waals surface area (Å²) in [5.41, 5.74) is 22.7. The number of nitrogen functional groups attached to an aromatic ring is 1. The molecule has 0 radical (unpaired) electrons. The van der Waals surface area contributed by atoms with Crippen molar-refractivity contribution in [1.29, 1.82) is 0 Å². The van der Waals surface area contributed by atoms with Gasteiger partial charge in [-0.1, -0.05) is 23.2 Å². The van der Waals surface area contributed by atoms with Gasteiger partial charge in [-0.3, -0.25) is 24.4 Å². The van der Waals surface area contributed by atoms with Gasteiger partial charge in [0.25, 0.3) is 0 Å². The van der Waals surface area contributed by atoms with Crippen molar-refractivity contribution in [1.82, 2.24) is 54.6 Å². The van der Waals surface area contributed by atoms with E-state index in [2.05, 4.69) is 108 Å². The van der Waals surface area contributed by atoms with E-state index in [1.807, 2.05) is 52.2 Å². The van der Waals surface area contributed by atoms with Crippen LogP contribution < -0.4 is 15.0 Å². The Morgan fingerprint density at radius 2 is 1.17 bits per heavy atom. The van der Waals surface area contributed by atoms with Gasteiger partial charge in [0.15, 0.2) is 24.0 Å². The van der Waals surface area contributed by atoms with Gasteiger partial charge in [0, 0.05) is 154 Å². The average Bonchev–Trinajstić information content (AvgIpc) is 4.37.